The first kappa shape index (κ1) is 29.5. The number of benzene rings is 2. The Morgan fingerprint density at radius 2 is 1.74 bits per heavy atom. The van der Waals surface area contributed by atoms with Crippen LogP contribution in [0.3, 0.4) is 0 Å². The summed E-state index contributed by atoms with van der Waals surface area (Å²) in [6.07, 6.45) is 2.65. The highest BCUT2D eigenvalue weighted by Crippen LogP contribution is 2.41. The van der Waals surface area contributed by atoms with E-state index in [-0.39, 0.29) is 17.3 Å². The number of likely N-dealkylation sites (tertiary alicyclic amines) is 1. The summed E-state index contributed by atoms with van der Waals surface area (Å²) >= 11 is 7.59. The number of carbonyl (C=O) groups excluding carboxylic acids is 2. The molecule has 0 radical (unpaired) electrons. The molecule has 4 aromatic rings. The van der Waals surface area contributed by atoms with E-state index in [9.17, 15) is 18.4 Å². The monoisotopic (exact) mass is 611 g/mol. The number of nitrogens with zero attached hydrogens (tertiary/aromatic N) is 4. The lowest BCUT2D eigenvalue weighted by molar-refractivity contribution is 0.0204. The zero-order valence-electron chi connectivity index (χ0n) is 23.2. The van der Waals surface area contributed by atoms with Crippen LogP contribution in [0, 0.1) is 11.6 Å². The minimum absolute atomic E-state index is 0.0898. The molecule has 12 heteroatoms. The summed E-state index contributed by atoms with van der Waals surface area (Å²) in [5, 5.41) is 3.55. The molecule has 0 saturated carbocycles. The van der Waals surface area contributed by atoms with Gasteiger partial charge in [-0.25, -0.2) is 28.5 Å². The van der Waals surface area contributed by atoms with Gasteiger partial charge >= 0.3 is 6.09 Å². The lowest BCUT2D eigenvalue weighted by atomic mass is 9.98. The number of hydrogen-bond donors (Lipinski definition) is 1. The topological polar surface area (TPSA) is 97.3 Å². The predicted molar refractivity (Wildman–Crippen MR) is 158 cm³/mol. The van der Waals surface area contributed by atoms with Crippen molar-refractivity contribution in [1.29, 1.82) is 0 Å². The van der Waals surface area contributed by atoms with Gasteiger partial charge < -0.3 is 15.0 Å². The van der Waals surface area contributed by atoms with Crippen LogP contribution in [-0.2, 0) is 4.74 Å². The van der Waals surface area contributed by atoms with Gasteiger partial charge in [0.15, 0.2) is 0 Å². The number of thiazole rings is 1. The summed E-state index contributed by atoms with van der Waals surface area (Å²) < 4.78 is 33.9. The van der Waals surface area contributed by atoms with Crippen molar-refractivity contribution in [3.63, 3.8) is 0 Å². The third-order valence-corrected chi connectivity index (χ3v) is 8.00. The van der Waals surface area contributed by atoms with Crippen LogP contribution >= 0.6 is 22.9 Å². The molecule has 1 aliphatic heterocycles. The second-order valence-electron chi connectivity index (χ2n) is 10.8. The number of hydrogen-bond acceptors (Lipinski definition) is 7. The molecular formula is C30H28ClF2N5O3S. The van der Waals surface area contributed by atoms with Crippen LogP contribution in [0.15, 0.2) is 54.7 Å². The van der Waals surface area contributed by atoms with E-state index in [4.69, 9.17) is 21.3 Å². The number of halogens is 3. The molecule has 3 heterocycles. The normalized spacial score (nSPS) is 14.1. The fraction of sp³-hybridized carbons (Fsp3) is 0.300. The van der Waals surface area contributed by atoms with Crippen LogP contribution in [0.5, 0.6) is 0 Å². The number of amides is 2. The quantitative estimate of drug-likeness (QED) is 0.234. The summed E-state index contributed by atoms with van der Waals surface area (Å²) in [6, 6.07) is 11.9. The molecule has 8 nitrogen and oxygen atoms in total. The van der Waals surface area contributed by atoms with Crippen LogP contribution in [0.25, 0.3) is 21.8 Å². The van der Waals surface area contributed by atoms with Gasteiger partial charge in [-0.15, -0.1) is 11.3 Å². The van der Waals surface area contributed by atoms with Crippen LogP contribution in [0.1, 0.15) is 54.9 Å². The molecular weight excluding hydrogens is 584 g/mol. The van der Waals surface area contributed by atoms with Gasteiger partial charge in [-0.1, -0.05) is 18.2 Å². The number of rotatable bonds is 5. The first-order valence-electron chi connectivity index (χ1n) is 13.3. The molecule has 42 heavy (non-hydrogen) atoms. The largest absolute Gasteiger partial charge is 0.444 e. The maximum atomic E-state index is 14.2. The highest BCUT2D eigenvalue weighted by molar-refractivity contribution is 7.15. The van der Waals surface area contributed by atoms with Gasteiger partial charge in [-0.3, -0.25) is 4.79 Å². The Labute approximate surface area is 250 Å². The van der Waals surface area contributed by atoms with Crippen LogP contribution in [0.2, 0.25) is 5.28 Å². The van der Waals surface area contributed by atoms with Crippen molar-refractivity contribution < 1.29 is 23.1 Å². The lowest BCUT2D eigenvalue weighted by Crippen LogP contribution is -2.41. The van der Waals surface area contributed by atoms with E-state index in [1.165, 1.54) is 17.4 Å². The van der Waals surface area contributed by atoms with Crippen LogP contribution < -0.4 is 5.32 Å². The maximum Gasteiger partial charge on any atom is 0.410 e. The summed E-state index contributed by atoms with van der Waals surface area (Å²) in [4.78, 5) is 41.1. The summed E-state index contributed by atoms with van der Waals surface area (Å²) in [5.41, 5.74) is 0.985. The highest BCUT2D eigenvalue weighted by atomic mass is 35.5. The predicted octanol–water partition coefficient (Wildman–Crippen LogP) is 7.57. The van der Waals surface area contributed by atoms with Crippen LogP contribution in [0.4, 0.5) is 19.3 Å². The van der Waals surface area contributed by atoms with Crippen molar-refractivity contribution in [2.45, 2.75) is 45.1 Å². The van der Waals surface area contributed by atoms with E-state index in [1.54, 1.807) is 35.4 Å². The van der Waals surface area contributed by atoms with Gasteiger partial charge in [0, 0.05) is 36.5 Å². The number of nitrogens with one attached hydrogen (secondary N) is 1. The molecule has 2 aromatic carbocycles. The molecule has 1 fully saturated rings. The summed E-state index contributed by atoms with van der Waals surface area (Å²) in [5.74, 6) is -2.70. The Morgan fingerprint density at radius 3 is 2.40 bits per heavy atom. The van der Waals surface area contributed by atoms with Crippen molar-refractivity contribution in [3.05, 3.63) is 82.2 Å². The smallest absolute Gasteiger partial charge is 0.410 e. The molecule has 0 atom stereocenters. The van der Waals surface area contributed by atoms with Crippen molar-refractivity contribution in [2.24, 2.45) is 0 Å². The van der Waals surface area contributed by atoms with Gasteiger partial charge in [-0.2, -0.15) is 0 Å². The Morgan fingerprint density at radius 1 is 1.05 bits per heavy atom. The van der Waals surface area contributed by atoms with Gasteiger partial charge in [0.05, 0.1) is 21.3 Å². The molecule has 2 aromatic heterocycles. The van der Waals surface area contributed by atoms with Gasteiger partial charge in [-0.05, 0) is 75.5 Å². The first-order chi connectivity index (χ1) is 20.0. The van der Waals surface area contributed by atoms with E-state index in [0.717, 1.165) is 22.0 Å². The zero-order valence-corrected chi connectivity index (χ0v) is 24.7. The highest BCUT2D eigenvalue weighted by Gasteiger charge is 2.30. The maximum absolute atomic E-state index is 14.2. The van der Waals surface area contributed by atoms with E-state index in [1.807, 2.05) is 26.8 Å². The van der Waals surface area contributed by atoms with E-state index >= 15 is 0 Å². The third-order valence-electron chi connectivity index (χ3n) is 6.58. The Hall–Kier alpha value is -3.96. The van der Waals surface area contributed by atoms with Gasteiger partial charge in [0.25, 0.3) is 5.91 Å². The molecule has 0 unspecified atom stereocenters. The Balaban J connectivity index is 1.43. The molecule has 1 saturated heterocycles. The van der Waals surface area contributed by atoms with Crippen molar-refractivity contribution in [2.75, 3.05) is 18.4 Å². The molecule has 1 aliphatic rings. The molecule has 0 aliphatic carbocycles. The Bertz CT molecular complexity index is 1610. The second-order valence-corrected chi connectivity index (χ2v) is 12.2. The minimum Gasteiger partial charge on any atom is -0.444 e. The minimum atomic E-state index is -0.951. The fourth-order valence-electron chi connectivity index (χ4n) is 4.63. The van der Waals surface area contributed by atoms with Gasteiger partial charge in [0.2, 0.25) is 5.28 Å². The van der Waals surface area contributed by atoms with Gasteiger partial charge in [0.1, 0.15) is 22.8 Å². The SMILES string of the molecule is CC(C)(C)OC(=O)N1CCC(c2nc(-c3cccc(NC(=O)c4c(F)cccc4F)c3)c(-c3ccnc(Cl)n3)s2)CC1. The van der Waals surface area contributed by atoms with Crippen molar-refractivity contribution >= 4 is 40.6 Å². The Kier molecular flexibility index (Phi) is 8.51. The molecule has 5 rings (SSSR count). The standard InChI is InChI=1S/C30H28ClF2N5O3S/c1-30(2,3)41-29(40)38-14-11-17(12-15-38)27-37-24(25(42-27)22-10-13-34-28(31)36-22)18-6-4-7-19(16-18)35-26(39)23-20(32)8-5-9-21(23)33/h4-10,13,16-17H,11-12,14-15H2,1-3H3,(H,35,39). The lowest BCUT2D eigenvalue weighted by Gasteiger charge is -2.32. The molecule has 218 valence electrons. The fourth-order valence-corrected chi connectivity index (χ4v) is 6.00. The number of piperidine rings is 1. The summed E-state index contributed by atoms with van der Waals surface area (Å²) in [6.45, 7) is 6.60. The number of ether oxygens (including phenoxy) is 1. The molecule has 0 bridgehead atoms. The van der Waals surface area contributed by atoms with E-state index in [0.29, 0.717) is 48.6 Å². The van der Waals surface area contributed by atoms with E-state index < -0.39 is 28.7 Å². The average Bonchev–Trinajstić information content (AvgIpc) is 3.38. The number of anilines is 1. The summed E-state index contributed by atoms with van der Waals surface area (Å²) in [7, 11) is 0. The molecule has 2 amide bonds. The molecule has 1 N–H and O–H groups in total. The first-order valence-corrected chi connectivity index (χ1v) is 14.5. The van der Waals surface area contributed by atoms with Crippen LogP contribution in [-0.4, -0.2) is 50.5 Å². The molecule has 0 spiro atoms. The average molecular weight is 612 g/mol. The number of aromatic nitrogens is 3. The zero-order chi connectivity index (χ0) is 30.0. The second kappa shape index (κ2) is 12.1. The number of carbonyl (C=O) groups is 2. The van der Waals surface area contributed by atoms with E-state index in [2.05, 4.69) is 15.3 Å². The van der Waals surface area contributed by atoms with Crippen molar-refractivity contribution in [3.8, 4) is 21.8 Å². The van der Waals surface area contributed by atoms with Crippen molar-refractivity contribution in [1.82, 2.24) is 19.9 Å². The third kappa shape index (κ3) is 6.74.